The molecule has 1 N–H and O–H groups in total. The van der Waals surface area contributed by atoms with Gasteiger partial charge in [-0.3, -0.25) is 0 Å². The zero-order valence-electron chi connectivity index (χ0n) is 11.5. The summed E-state index contributed by atoms with van der Waals surface area (Å²) in [4.78, 5) is 16.2. The number of benzene rings is 1. The summed E-state index contributed by atoms with van der Waals surface area (Å²) in [5.74, 6) is 1.91. The van der Waals surface area contributed by atoms with E-state index in [4.69, 9.17) is 14.3 Å². The number of rotatable bonds is 5. The summed E-state index contributed by atoms with van der Waals surface area (Å²) in [7, 11) is 0. The van der Waals surface area contributed by atoms with Crippen LogP contribution in [0.3, 0.4) is 0 Å². The van der Waals surface area contributed by atoms with Crippen molar-refractivity contribution >= 4 is 6.15 Å². The van der Waals surface area contributed by atoms with Crippen molar-refractivity contribution in [1.82, 2.24) is 15.4 Å². The quantitative estimate of drug-likeness (QED) is 0.906. The highest BCUT2D eigenvalue weighted by molar-refractivity contribution is 5.31. The van der Waals surface area contributed by atoms with Gasteiger partial charge < -0.3 is 4.74 Å². The van der Waals surface area contributed by atoms with Crippen molar-refractivity contribution in [3.63, 3.8) is 0 Å². The lowest BCUT2D eigenvalue weighted by Gasteiger charge is -2.12. The van der Waals surface area contributed by atoms with Gasteiger partial charge in [-0.15, -0.1) is 5.10 Å². The van der Waals surface area contributed by atoms with Crippen LogP contribution in [0.4, 0.5) is 0 Å². The molecule has 0 amide bonds. The second kappa shape index (κ2) is 8.61. The fraction of sp³-hybridized carbons (Fsp3) is 0.357. The fourth-order valence-electron chi connectivity index (χ4n) is 1.93. The highest BCUT2D eigenvalue weighted by Crippen LogP contribution is 2.26. The van der Waals surface area contributed by atoms with Gasteiger partial charge in [-0.05, 0) is 36.5 Å². The lowest BCUT2D eigenvalue weighted by molar-refractivity contribution is -0.191. The predicted octanol–water partition coefficient (Wildman–Crippen LogP) is 2.92. The molecule has 0 spiro atoms. The Morgan fingerprint density at radius 1 is 1.20 bits per heavy atom. The molecule has 0 bridgehead atoms. The van der Waals surface area contributed by atoms with Gasteiger partial charge in [0.05, 0.1) is 0 Å². The van der Waals surface area contributed by atoms with Gasteiger partial charge in [0.1, 0.15) is 11.9 Å². The third-order valence-electron chi connectivity index (χ3n) is 2.95. The van der Waals surface area contributed by atoms with Crippen LogP contribution in [0.25, 0.3) is 0 Å². The highest BCUT2D eigenvalue weighted by Gasteiger charge is 2.07. The first-order chi connectivity index (χ1) is 9.74. The van der Waals surface area contributed by atoms with E-state index in [9.17, 15) is 0 Å². The average molecular weight is 275 g/mol. The molecule has 1 aromatic carbocycles. The second-order valence-electron chi connectivity index (χ2n) is 4.08. The average Bonchev–Trinajstić information content (AvgIpc) is 2.96. The summed E-state index contributed by atoms with van der Waals surface area (Å²) in [5.41, 5.74) is 1.36. The van der Waals surface area contributed by atoms with Crippen LogP contribution >= 0.6 is 0 Å². The smallest absolute Gasteiger partial charge is 0.373 e. The first-order valence-corrected chi connectivity index (χ1v) is 6.37. The zero-order valence-corrected chi connectivity index (χ0v) is 11.5. The lowest BCUT2D eigenvalue weighted by Crippen LogP contribution is -1.95. The number of aromatic amines is 1. The summed E-state index contributed by atoms with van der Waals surface area (Å²) in [6.45, 7) is 4.43. The molecule has 0 aliphatic rings. The Bertz CT molecular complexity index is 513. The van der Waals surface area contributed by atoms with Gasteiger partial charge in [0.25, 0.3) is 5.88 Å². The molecule has 20 heavy (non-hydrogen) atoms. The Kier molecular flexibility index (Phi) is 6.71. The number of nitrogens with one attached hydrogen (secondary N) is 1. The minimum Gasteiger partial charge on any atom is -0.436 e. The number of H-pyrrole nitrogens is 1. The molecule has 6 nitrogen and oxygen atoms in total. The van der Waals surface area contributed by atoms with Gasteiger partial charge in [0.15, 0.2) is 0 Å². The van der Waals surface area contributed by atoms with Gasteiger partial charge in [0, 0.05) is 0 Å². The summed E-state index contributed by atoms with van der Waals surface area (Å²) < 4.78 is 5.52. The summed E-state index contributed by atoms with van der Waals surface area (Å²) in [6.07, 6.45) is 4.13. The maximum Gasteiger partial charge on any atom is 0.373 e. The van der Waals surface area contributed by atoms with Crippen LogP contribution in [0.5, 0.6) is 11.6 Å². The molecule has 0 atom stereocenters. The topological polar surface area (TPSA) is 84.9 Å². The van der Waals surface area contributed by atoms with Crippen molar-refractivity contribution in [2.75, 3.05) is 0 Å². The molecule has 106 valence electrons. The van der Waals surface area contributed by atoms with Crippen molar-refractivity contribution in [2.24, 2.45) is 0 Å². The van der Waals surface area contributed by atoms with Crippen LogP contribution in [0.1, 0.15) is 38.2 Å². The molecule has 0 fully saturated rings. The molecule has 1 aromatic heterocycles. The van der Waals surface area contributed by atoms with Crippen molar-refractivity contribution < 1.29 is 14.3 Å². The van der Waals surface area contributed by atoms with E-state index in [0.717, 1.165) is 5.75 Å². The number of aromatic nitrogens is 3. The monoisotopic (exact) mass is 275 g/mol. The van der Waals surface area contributed by atoms with Gasteiger partial charge in [0.2, 0.25) is 0 Å². The van der Waals surface area contributed by atoms with Crippen molar-refractivity contribution in [1.29, 1.82) is 0 Å². The highest BCUT2D eigenvalue weighted by atomic mass is 16.5. The van der Waals surface area contributed by atoms with E-state index < -0.39 is 0 Å². The van der Waals surface area contributed by atoms with Crippen molar-refractivity contribution in [3.8, 4) is 11.6 Å². The SMILES string of the molecule is CCC(CC)c1ccc(Oc2cn[nH]n2)cc1.O=C=O. The molecule has 0 aliphatic heterocycles. The van der Waals surface area contributed by atoms with E-state index in [0.29, 0.717) is 11.8 Å². The molecular weight excluding hydrogens is 258 g/mol. The Labute approximate surface area is 117 Å². The van der Waals surface area contributed by atoms with Crippen LogP contribution in [0, 0.1) is 0 Å². The van der Waals surface area contributed by atoms with Gasteiger partial charge in [-0.2, -0.15) is 19.9 Å². The molecule has 0 unspecified atom stereocenters. The summed E-state index contributed by atoms with van der Waals surface area (Å²) in [5, 5.41) is 10.0. The minimum absolute atomic E-state index is 0.250. The largest absolute Gasteiger partial charge is 0.436 e. The summed E-state index contributed by atoms with van der Waals surface area (Å²) >= 11 is 0. The van der Waals surface area contributed by atoms with Crippen molar-refractivity contribution in [2.45, 2.75) is 32.6 Å². The Morgan fingerprint density at radius 3 is 2.25 bits per heavy atom. The van der Waals surface area contributed by atoms with Crippen LogP contribution in [0.15, 0.2) is 30.5 Å². The van der Waals surface area contributed by atoms with Gasteiger partial charge in [-0.25, -0.2) is 0 Å². The van der Waals surface area contributed by atoms with Crippen molar-refractivity contribution in [3.05, 3.63) is 36.0 Å². The van der Waals surface area contributed by atoms with Crippen LogP contribution < -0.4 is 4.74 Å². The molecule has 6 heteroatoms. The van der Waals surface area contributed by atoms with E-state index in [1.54, 1.807) is 6.20 Å². The van der Waals surface area contributed by atoms with E-state index in [1.807, 2.05) is 12.1 Å². The summed E-state index contributed by atoms with van der Waals surface area (Å²) in [6, 6.07) is 8.19. The van der Waals surface area contributed by atoms with E-state index in [2.05, 4.69) is 41.4 Å². The Balaban J connectivity index is 0.000000612. The fourth-order valence-corrected chi connectivity index (χ4v) is 1.93. The molecule has 0 saturated heterocycles. The normalized spacial score (nSPS) is 9.55. The number of ether oxygens (including phenoxy) is 1. The van der Waals surface area contributed by atoms with Gasteiger partial charge in [-0.1, -0.05) is 26.0 Å². The molecule has 0 saturated carbocycles. The van der Waals surface area contributed by atoms with Crippen LogP contribution in [0.2, 0.25) is 0 Å². The molecule has 0 aliphatic carbocycles. The predicted molar refractivity (Wildman–Crippen MR) is 71.2 cm³/mol. The molecule has 1 heterocycles. The Hall–Kier alpha value is -2.46. The maximum atomic E-state index is 8.12. The van der Waals surface area contributed by atoms with E-state index in [-0.39, 0.29) is 6.15 Å². The maximum absolute atomic E-state index is 8.12. The number of carbonyl (C=O) groups excluding carboxylic acids is 2. The number of hydrogen-bond acceptors (Lipinski definition) is 5. The number of nitrogens with zero attached hydrogens (tertiary/aromatic N) is 2. The lowest BCUT2D eigenvalue weighted by atomic mass is 9.94. The van der Waals surface area contributed by atoms with E-state index >= 15 is 0 Å². The molecule has 2 aromatic rings. The first-order valence-electron chi connectivity index (χ1n) is 6.37. The Morgan fingerprint density at radius 2 is 1.80 bits per heavy atom. The van der Waals surface area contributed by atoms with Crippen LogP contribution in [-0.2, 0) is 9.59 Å². The molecule has 2 rings (SSSR count). The second-order valence-corrected chi connectivity index (χ2v) is 4.08. The minimum atomic E-state index is 0.250. The van der Waals surface area contributed by atoms with Crippen LogP contribution in [-0.4, -0.2) is 21.6 Å². The van der Waals surface area contributed by atoms with Gasteiger partial charge >= 0.3 is 6.15 Å². The third-order valence-corrected chi connectivity index (χ3v) is 2.95. The standard InChI is InChI=1S/C13H17N3O.CO2/c1-3-10(4-2)11-5-7-12(8-6-11)17-13-9-14-16-15-13;2-1-3/h5-10H,3-4H2,1-2H3,(H,14,15,16);. The molecule has 0 radical (unpaired) electrons. The number of hydrogen-bond donors (Lipinski definition) is 1. The molecular formula is C14H17N3O3. The van der Waals surface area contributed by atoms with E-state index in [1.165, 1.54) is 18.4 Å². The zero-order chi connectivity index (χ0) is 14.8. The third kappa shape index (κ3) is 4.66. The first kappa shape index (κ1) is 15.6.